The van der Waals surface area contributed by atoms with Crippen molar-refractivity contribution in [3.8, 4) is 0 Å². The normalized spacial score (nSPS) is 17.6. The number of rotatable bonds is 7. The molecule has 0 spiro atoms. The van der Waals surface area contributed by atoms with Gasteiger partial charge in [-0.2, -0.15) is 0 Å². The summed E-state index contributed by atoms with van der Waals surface area (Å²) in [5, 5.41) is 7.07. The fraction of sp³-hybridized carbons (Fsp3) is 0.350. The van der Waals surface area contributed by atoms with Crippen LogP contribution >= 0.6 is 11.6 Å². The Hall–Kier alpha value is -2.80. The van der Waals surface area contributed by atoms with E-state index in [1.165, 1.54) is 6.08 Å². The van der Waals surface area contributed by atoms with E-state index < -0.39 is 12.0 Å². The molecule has 1 saturated heterocycles. The van der Waals surface area contributed by atoms with Crippen LogP contribution in [0.25, 0.3) is 10.9 Å². The average molecular weight is 404 g/mol. The zero-order chi connectivity index (χ0) is 20.1. The van der Waals surface area contributed by atoms with E-state index in [0.29, 0.717) is 30.1 Å². The number of hydrogen-bond donors (Lipinski definition) is 3. The van der Waals surface area contributed by atoms with Gasteiger partial charge in [-0.15, -0.1) is 0 Å². The van der Waals surface area contributed by atoms with Crippen LogP contribution in [-0.2, 0) is 14.3 Å². The largest absolute Gasteiger partial charge is 0.463 e. The monoisotopic (exact) mass is 403 g/mol. The van der Waals surface area contributed by atoms with E-state index in [4.69, 9.17) is 16.3 Å². The number of carbonyl (C=O) groups is 3. The maximum absolute atomic E-state index is 12.7. The maximum Gasteiger partial charge on any atom is 0.330 e. The minimum absolute atomic E-state index is 0.0379. The molecule has 2 aromatic rings. The molecule has 2 heterocycles. The van der Waals surface area contributed by atoms with Gasteiger partial charge in [0.25, 0.3) is 5.91 Å². The highest BCUT2D eigenvalue weighted by atomic mass is 35.5. The Morgan fingerprint density at radius 2 is 2.21 bits per heavy atom. The smallest absolute Gasteiger partial charge is 0.330 e. The lowest BCUT2D eigenvalue weighted by molar-refractivity contribution is -0.137. The van der Waals surface area contributed by atoms with Crippen molar-refractivity contribution >= 4 is 40.3 Å². The molecule has 7 nitrogen and oxygen atoms in total. The van der Waals surface area contributed by atoms with Crippen molar-refractivity contribution in [2.24, 2.45) is 5.92 Å². The Balaban J connectivity index is 1.74. The van der Waals surface area contributed by atoms with Crippen molar-refractivity contribution in [1.82, 2.24) is 15.6 Å². The van der Waals surface area contributed by atoms with Crippen molar-refractivity contribution < 1.29 is 19.1 Å². The Kier molecular flexibility index (Phi) is 6.36. The number of ether oxygens (including phenoxy) is 1. The predicted octanol–water partition coefficient (Wildman–Crippen LogP) is 2.57. The lowest BCUT2D eigenvalue weighted by Crippen LogP contribution is -2.36. The first-order valence-electron chi connectivity index (χ1n) is 9.18. The number of aromatic amines is 1. The van der Waals surface area contributed by atoms with Gasteiger partial charge in [-0.25, -0.2) is 4.79 Å². The molecule has 0 aliphatic carbocycles. The van der Waals surface area contributed by atoms with E-state index in [0.717, 1.165) is 10.9 Å². The third-order valence-corrected chi connectivity index (χ3v) is 4.83. The zero-order valence-electron chi connectivity index (χ0n) is 15.5. The Labute approximate surface area is 167 Å². The second-order valence-corrected chi connectivity index (χ2v) is 7.05. The first-order valence-corrected chi connectivity index (χ1v) is 9.56. The Bertz CT molecular complexity index is 921. The van der Waals surface area contributed by atoms with Crippen LogP contribution in [-0.4, -0.2) is 42.0 Å². The van der Waals surface area contributed by atoms with Gasteiger partial charge in [-0.05, 0) is 44.0 Å². The molecule has 8 heteroatoms. The van der Waals surface area contributed by atoms with Crippen LogP contribution in [0.2, 0.25) is 5.02 Å². The number of hydrogen-bond acceptors (Lipinski definition) is 4. The highest BCUT2D eigenvalue weighted by molar-refractivity contribution is 6.31. The van der Waals surface area contributed by atoms with Gasteiger partial charge < -0.3 is 20.4 Å². The molecule has 3 rings (SSSR count). The molecule has 1 aromatic carbocycles. The van der Waals surface area contributed by atoms with Crippen molar-refractivity contribution in [2.75, 3.05) is 13.2 Å². The molecule has 28 heavy (non-hydrogen) atoms. The van der Waals surface area contributed by atoms with E-state index in [-0.39, 0.29) is 24.3 Å². The molecule has 2 amide bonds. The number of benzene rings is 1. The van der Waals surface area contributed by atoms with Gasteiger partial charge in [0.2, 0.25) is 5.91 Å². The summed E-state index contributed by atoms with van der Waals surface area (Å²) in [6, 6.07) is 6.54. The third-order valence-electron chi connectivity index (χ3n) is 4.60. The number of fused-ring (bicyclic) bond motifs is 1. The van der Waals surface area contributed by atoms with Crippen LogP contribution in [0.5, 0.6) is 0 Å². The number of aromatic nitrogens is 1. The summed E-state index contributed by atoms with van der Waals surface area (Å²) in [5.74, 6) is -1.06. The molecule has 2 atom stereocenters. The number of esters is 1. The van der Waals surface area contributed by atoms with Crippen LogP contribution in [0.1, 0.15) is 30.3 Å². The molecule has 3 N–H and O–H groups in total. The molecule has 1 aromatic heterocycles. The minimum Gasteiger partial charge on any atom is -0.463 e. The fourth-order valence-corrected chi connectivity index (χ4v) is 3.40. The maximum atomic E-state index is 12.7. The van der Waals surface area contributed by atoms with Crippen molar-refractivity contribution in [3.05, 3.63) is 47.1 Å². The summed E-state index contributed by atoms with van der Waals surface area (Å²) in [7, 11) is 0. The van der Waals surface area contributed by atoms with E-state index in [9.17, 15) is 14.4 Å². The van der Waals surface area contributed by atoms with Crippen LogP contribution in [0, 0.1) is 5.92 Å². The van der Waals surface area contributed by atoms with E-state index in [2.05, 4.69) is 15.6 Å². The summed E-state index contributed by atoms with van der Waals surface area (Å²) >= 11 is 5.99. The molecule has 0 bridgehead atoms. The summed E-state index contributed by atoms with van der Waals surface area (Å²) < 4.78 is 4.89. The molecule has 2 unspecified atom stereocenters. The standard InChI is InChI=1S/C20H22ClN3O4/c1-2-28-18(25)6-4-15(10-12-7-8-22-19(12)26)23-20(27)17-11-13-9-14(21)3-5-16(13)24-17/h3-6,9,11-12,15,24H,2,7-8,10H2,1H3,(H,22,26)(H,23,27)/b6-4+. The SMILES string of the molecule is CCOC(=O)/C=C/C(CC1CCNC1=O)NC(=O)c1cc2cc(Cl)ccc2[nH]1. The quantitative estimate of drug-likeness (QED) is 0.488. The van der Waals surface area contributed by atoms with E-state index in [1.54, 1.807) is 37.3 Å². The molecular weight excluding hydrogens is 382 g/mol. The lowest BCUT2D eigenvalue weighted by Gasteiger charge is -2.17. The lowest BCUT2D eigenvalue weighted by atomic mass is 9.98. The molecule has 148 valence electrons. The molecule has 1 aliphatic heterocycles. The van der Waals surface area contributed by atoms with E-state index in [1.807, 2.05) is 0 Å². The Morgan fingerprint density at radius 1 is 1.39 bits per heavy atom. The van der Waals surface area contributed by atoms with Gasteiger partial charge in [0.1, 0.15) is 5.69 Å². The average Bonchev–Trinajstić information content (AvgIpc) is 3.25. The number of carbonyl (C=O) groups excluding carboxylic acids is 3. The number of H-pyrrole nitrogens is 1. The molecule has 1 fully saturated rings. The number of nitrogens with one attached hydrogen (secondary N) is 3. The fourth-order valence-electron chi connectivity index (χ4n) is 3.22. The highest BCUT2D eigenvalue weighted by Gasteiger charge is 2.27. The van der Waals surface area contributed by atoms with Crippen LogP contribution < -0.4 is 10.6 Å². The predicted molar refractivity (Wildman–Crippen MR) is 106 cm³/mol. The van der Waals surface area contributed by atoms with Crippen LogP contribution in [0.15, 0.2) is 36.4 Å². The van der Waals surface area contributed by atoms with Gasteiger partial charge in [0, 0.05) is 40.5 Å². The summed E-state index contributed by atoms with van der Waals surface area (Å²) in [4.78, 5) is 39.3. The second kappa shape index (κ2) is 8.93. The molecule has 0 saturated carbocycles. The van der Waals surface area contributed by atoms with Gasteiger partial charge >= 0.3 is 5.97 Å². The minimum atomic E-state index is -0.488. The summed E-state index contributed by atoms with van der Waals surface area (Å²) in [6.07, 6.45) is 3.95. The topological polar surface area (TPSA) is 100 Å². The van der Waals surface area contributed by atoms with Gasteiger partial charge in [-0.3, -0.25) is 9.59 Å². The zero-order valence-corrected chi connectivity index (χ0v) is 16.2. The molecule has 1 aliphatic rings. The second-order valence-electron chi connectivity index (χ2n) is 6.62. The van der Waals surface area contributed by atoms with Crippen molar-refractivity contribution in [3.63, 3.8) is 0 Å². The third kappa shape index (κ3) is 4.92. The first kappa shape index (κ1) is 19.9. The van der Waals surface area contributed by atoms with Gasteiger partial charge in [0.15, 0.2) is 0 Å². The summed E-state index contributed by atoms with van der Waals surface area (Å²) in [6.45, 7) is 2.60. The summed E-state index contributed by atoms with van der Waals surface area (Å²) in [5.41, 5.74) is 1.17. The molecular formula is C20H22ClN3O4. The van der Waals surface area contributed by atoms with Crippen LogP contribution in [0.4, 0.5) is 0 Å². The van der Waals surface area contributed by atoms with Crippen molar-refractivity contribution in [1.29, 1.82) is 0 Å². The first-order chi connectivity index (χ1) is 13.5. The van der Waals surface area contributed by atoms with Crippen molar-refractivity contribution in [2.45, 2.75) is 25.8 Å². The van der Waals surface area contributed by atoms with Crippen LogP contribution in [0.3, 0.4) is 0 Å². The number of halogens is 1. The Morgan fingerprint density at radius 3 is 2.93 bits per heavy atom. The van der Waals surface area contributed by atoms with Gasteiger partial charge in [0.05, 0.1) is 6.61 Å². The highest BCUT2D eigenvalue weighted by Crippen LogP contribution is 2.21. The number of amides is 2. The van der Waals surface area contributed by atoms with E-state index >= 15 is 0 Å². The van der Waals surface area contributed by atoms with Gasteiger partial charge in [-0.1, -0.05) is 17.7 Å². The molecule has 0 radical (unpaired) electrons.